The predicted molar refractivity (Wildman–Crippen MR) is 198 cm³/mol. The smallest absolute Gasteiger partial charge is 0.0631 e. The summed E-state index contributed by atoms with van der Waals surface area (Å²) in [6.45, 7) is 40.2. The lowest BCUT2D eigenvalue weighted by atomic mass is 9.62. The Balaban J connectivity index is 6.71. The van der Waals surface area contributed by atoms with E-state index in [1.807, 2.05) is 41.5 Å². The van der Waals surface area contributed by atoms with Crippen LogP contribution >= 0.6 is 0 Å². The van der Waals surface area contributed by atoms with Crippen molar-refractivity contribution >= 4 is 6.72 Å². The Kier molecular flexibility index (Phi) is 16.6. The Morgan fingerprint density at radius 1 is 0.413 bits per heavy atom. The first-order valence-electron chi connectivity index (χ1n) is 17.6. The molecule has 0 rings (SSSR count). The van der Waals surface area contributed by atoms with E-state index >= 15 is 0 Å². The molecule has 0 heterocycles. The number of nitrogens with zero attached hydrogens (tertiary/aromatic N) is 1. The minimum Gasteiger partial charge on any atom is -0.375 e. The van der Waals surface area contributed by atoms with Gasteiger partial charge >= 0.3 is 0 Å². The van der Waals surface area contributed by atoms with E-state index in [0.717, 1.165) is 51.4 Å². The van der Waals surface area contributed by atoms with E-state index in [4.69, 9.17) is 36.1 Å². The van der Waals surface area contributed by atoms with Gasteiger partial charge in [0.1, 0.15) is 0 Å². The fraction of sp³-hybridized carbons (Fsp3) is 0.974. The van der Waals surface area contributed by atoms with E-state index in [1.54, 1.807) is 0 Å². The third kappa shape index (κ3) is 22.9. The van der Waals surface area contributed by atoms with Gasteiger partial charge in [-0.15, -0.1) is 0 Å². The van der Waals surface area contributed by atoms with Gasteiger partial charge in [0.05, 0.1) is 27.9 Å². The second-order valence-corrected chi connectivity index (χ2v) is 19.6. The van der Waals surface area contributed by atoms with Crippen molar-refractivity contribution in [2.24, 2.45) is 27.6 Å². The van der Waals surface area contributed by atoms with Gasteiger partial charge in [0, 0.05) is 43.0 Å². The quantitative estimate of drug-likeness (QED) is 0.0851. The summed E-state index contributed by atoms with van der Waals surface area (Å²) in [7, 11) is 0. The maximum absolute atomic E-state index is 6.68. The number of ether oxygens (including phenoxy) is 4. The highest BCUT2D eigenvalue weighted by Gasteiger charge is 2.48. The first-order chi connectivity index (χ1) is 20.2. The molecule has 0 aromatic heterocycles. The van der Waals surface area contributed by atoms with Crippen LogP contribution in [0.3, 0.4) is 0 Å². The van der Waals surface area contributed by atoms with Crippen molar-refractivity contribution < 1.29 is 18.9 Å². The number of hydrogen-bond donors (Lipinski definition) is 3. The van der Waals surface area contributed by atoms with Crippen molar-refractivity contribution in [1.29, 1.82) is 0 Å². The average molecular weight is 657 g/mol. The van der Waals surface area contributed by atoms with Crippen LogP contribution in [0, 0.1) is 5.41 Å². The topological polar surface area (TPSA) is 127 Å². The van der Waals surface area contributed by atoms with E-state index in [9.17, 15) is 0 Å². The maximum Gasteiger partial charge on any atom is 0.0631 e. The summed E-state index contributed by atoms with van der Waals surface area (Å²) < 4.78 is 26.6. The van der Waals surface area contributed by atoms with Crippen molar-refractivity contribution in [1.82, 2.24) is 0 Å². The van der Waals surface area contributed by atoms with E-state index in [-0.39, 0.29) is 27.6 Å². The lowest BCUT2D eigenvalue weighted by Gasteiger charge is -2.50. The monoisotopic (exact) mass is 657 g/mol. The van der Waals surface area contributed by atoms with Crippen LogP contribution in [-0.2, 0) is 18.9 Å². The summed E-state index contributed by atoms with van der Waals surface area (Å²) in [4.78, 5) is 4.29. The molecule has 0 saturated heterocycles. The minimum absolute atomic E-state index is 0.237. The highest BCUT2D eigenvalue weighted by atomic mass is 16.5. The van der Waals surface area contributed by atoms with Gasteiger partial charge in [-0.1, -0.05) is 0 Å². The molecule has 6 N–H and O–H groups in total. The van der Waals surface area contributed by atoms with Crippen molar-refractivity contribution in [3.05, 3.63) is 0 Å². The van der Waals surface area contributed by atoms with Gasteiger partial charge in [-0.25, -0.2) is 0 Å². The molecule has 0 radical (unpaired) electrons. The zero-order valence-electron chi connectivity index (χ0n) is 33.5. The fourth-order valence-electron chi connectivity index (χ4n) is 6.62. The number of aliphatic imine (C=N–C) groups is 1. The van der Waals surface area contributed by atoms with Crippen LogP contribution in [0.4, 0.5) is 0 Å². The molecule has 0 spiro atoms. The normalized spacial score (nSPS) is 15.0. The summed E-state index contributed by atoms with van der Waals surface area (Å²) >= 11 is 0. The van der Waals surface area contributed by atoms with Crippen LogP contribution in [0.2, 0.25) is 0 Å². The molecular weight excluding hydrogens is 576 g/mol. The second-order valence-electron chi connectivity index (χ2n) is 19.6. The molecule has 0 aliphatic heterocycles. The Hall–Kier alpha value is -0.610. The van der Waals surface area contributed by atoms with Gasteiger partial charge in [0.15, 0.2) is 0 Å². The Morgan fingerprint density at radius 3 is 0.826 bits per heavy atom. The summed E-state index contributed by atoms with van der Waals surface area (Å²) in [5.41, 5.74) is 15.9. The molecule has 0 aromatic rings. The number of nitrogens with two attached hydrogens (primary N) is 3. The standard InChI is InChI=1S/C38H80N4O4/c1-30(2,39)18-22-43-34(9,10)26-38(27-35(11,12)44-23-19-31(3,4)40,28-36(13,14)45-24-20-32(5,6)41)29-37(15,16)46-25-21-33(7,8)42-17/h17-29,39-41H2,1-16H3. The van der Waals surface area contributed by atoms with Gasteiger partial charge in [-0.2, -0.15) is 0 Å². The van der Waals surface area contributed by atoms with Crippen molar-refractivity contribution in [2.45, 2.75) is 207 Å². The Bertz CT molecular complexity index is 806. The summed E-state index contributed by atoms with van der Waals surface area (Å²) in [6.07, 6.45) is 6.30. The van der Waals surface area contributed by atoms with Gasteiger partial charge in [-0.05, 0) is 174 Å². The molecule has 276 valence electrons. The van der Waals surface area contributed by atoms with Crippen molar-refractivity contribution in [2.75, 3.05) is 26.4 Å². The zero-order valence-corrected chi connectivity index (χ0v) is 33.5. The Morgan fingerprint density at radius 2 is 0.630 bits per heavy atom. The molecule has 0 saturated carbocycles. The van der Waals surface area contributed by atoms with Gasteiger partial charge in [0.2, 0.25) is 0 Å². The molecule has 0 fully saturated rings. The van der Waals surface area contributed by atoms with Crippen LogP contribution in [0.1, 0.15) is 162 Å². The van der Waals surface area contributed by atoms with E-state index in [2.05, 4.69) is 80.9 Å². The Labute approximate surface area is 286 Å². The molecule has 0 amide bonds. The molecular formula is C38H80N4O4. The van der Waals surface area contributed by atoms with Gasteiger partial charge in [0.25, 0.3) is 0 Å². The number of hydrogen-bond acceptors (Lipinski definition) is 8. The summed E-state index contributed by atoms with van der Waals surface area (Å²) in [5.74, 6) is 0. The van der Waals surface area contributed by atoms with E-state index in [1.165, 1.54) is 0 Å². The van der Waals surface area contributed by atoms with Gasteiger partial charge in [-0.3, -0.25) is 4.99 Å². The average Bonchev–Trinajstić information content (AvgIpc) is 2.73. The molecule has 8 nitrogen and oxygen atoms in total. The second kappa shape index (κ2) is 16.9. The van der Waals surface area contributed by atoms with Crippen LogP contribution < -0.4 is 17.2 Å². The van der Waals surface area contributed by atoms with Crippen LogP contribution in [0.25, 0.3) is 0 Å². The largest absolute Gasteiger partial charge is 0.375 e. The van der Waals surface area contributed by atoms with Crippen molar-refractivity contribution in [3.8, 4) is 0 Å². The maximum atomic E-state index is 6.68. The molecule has 8 heteroatoms. The number of rotatable bonds is 25. The minimum atomic E-state index is -0.433. The zero-order chi connectivity index (χ0) is 36.5. The molecule has 0 atom stereocenters. The molecule has 0 aromatic carbocycles. The summed E-state index contributed by atoms with van der Waals surface area (Å²) in [5, 5.41) is 0. The van der Waals surface area contributed by atoms with E-state index in [0.29, 0.717) is 26.4 Å². The third-order valence-corrected chi connectivity index (χ3v) is 8.56. The molecule has 0 aliphatic rings. The van der Waals surface area contributed by atoms with Crippen LogP contribution in [0.15, 0.2) is 4.99 Å². The third-order valence-electron chi connectivity index (χ3n) is 8.56. The molecule has 0 unspecified atom stereocenters. The lowest BCUT2D eigenvalue weighted by Crippen LogP contribution is -2.49. The first kappa shape index (κ1) is 45.4. The van der Waals surface area contributed by atoms with Crippen molar-refractivity contribution in [3.63, 3.8) is 0 Å². The molecule has 0 aliphatic carbocycles. The van der Waals surface area contributed by atoms with Crippen LogP contribution in [0.5, 0.6) is 0 Å². The molecule has 0 bridgehead atoms. The SMILES string of the molecule is C=NC(C)(C)CCOC(C)(C)CC(CC(C)(C)OCCC(C)(C)N)(CC(C)(C)OCCC(C)(C)N)CC(C)(C)OCCC(C)(C)N. The lowest BCUT2D eigenvalue weighted by molar-refractivity contribution is -0.146. The molecule has 46 heavy (non-hydrogen) atoms. The van der Waals surface area contributed by atoms with Crippen LogP contribution in [-0.4, -0.2) is 77.7 Å². The fourth-order valence-corrected chi connectivity index (χ4v) is 6.62. The highest BCUT2D eigenvalue weighted by Crippen LogP contribution is 2.50. The first-order valence-corrected chi connectivity index (χ1v) is 17.6. The summed E-state index contributed by atoms with van der Waals surface area (Å²) in [6, 6.07) is 0. The van der Waals surface area contributed by atoms with Gasteiger partial charge < -0.3 is 36.1 Å². The highest BCUT2D eigenvalue weighted by molar-refractivity contribution is 5.25. The predicted octanol–water partition coefficient (Wildman–Crippen LogP) is 7.97. The van der Waals surface area contributed by atoms with E-state index < -0.39 is 22.4 Å².